The molecule has 0 saturated carbocycles. The van der Waals surface area contributed by atoms with Gasteiger partial charge < -0.3 is 10.4 Å². The van der Waals surface area contributed by atoms with Crippen LogP contribution in [0, 0.1) is 5.92 Å². The van der Waals surface area contributed by atoms with Gasteiger partial charge in [-0.05, 0) is 42.9 Å². The molecule has 0 aliphatic rings. The van der Waals surface area contributed by atoms with E-state index in [2.05, 4.69) is 31.3 Å². The number of hydrogen-bond acceptors (Lipinski definition) is 3. The predicted octanol–water partition coefficient (Wildman–Crippen LogP) is 3.59. The highest BCUT2D eigenvalue weighted by Crippen LogP contribution is 2.16. The number of rotatable bonds is 9. The fraction of sp³-hybridized carbons (Fsp3) is 0.444. The van der Waals surface area contributed by atoms with Crippen LogP contribution in [0.15, 0.2) is 30.4 Å². The summed E-state index contributed by atoms with van der Waals surface area (Å²) in [6, 6.07) is 4.74. The lowest BCUT2D eigenvalue weighted by atomic mass is 10.1. The minimum atomic E-state index is -0.0421. The molecular formula is C18H25NO3. The third kappa shape index (κ3) is 7.07. The van der Waals surface area contributed by atoms with Crippen molar-refractivity contribution in [2.75, 3.05) is 0 Å². The minimum Gasteiger partial charge on any atom is -0.507 e. The molecule has 0 aromatic heterocycles. The molecule has 0 bridgehead atoms. The van der Waals surface area contributed by atoms with Gasteiger partial charge in [0.2, 0.25) is 5.91 Å². The lowest BCUT2D eigenvalue weighted by Crippen LogP contribution is -2.22. The smallest absolute Gasteiger partial charge is 0.220 e. The fourth-order valence-corrected chi connectivity index (χ4v) is 2.01. The van der Waals surface area contributed by atoms with Gasteiger partial charge in [0.25, 0.3) is 0 Å². The highest BCUT2D eigenvalue weighted by atomic mass is 16.3. The van der Waals surface area contributed by atoms with E-state index < -0.39 is 0 Å². The van der Waals surface area contributed by atoms with Gasteiger partial charge in [-0.2, -0.15) is 0 Å². The average Bonchev–Trinajstić information content (AvgIpc) is 2.49. The summed E-state index contributed by atoms with van der Waals surface area (Å²) in [6.45, 7) is 4.65. The molecule has 1 aromatic rings. The van der Waals surface area contributed by atoms with Crippen molar-refractivity contribution in [1.82, 2.24) is 5.32 Å². The molecule has 0 unspecified atom stereocenters. The first-order valence-corrected chi connectivity index (χ1v) is 7.73. The van der Waals surface area contributed by atoms with E-state index in [0.717, 1.165) is 24.8 Å². The average molecular weight is 303 g/mol. The number of amides is 1. The number of phenolic OH excluding ortho intramolecular Hbond substituents is 1. The Morgan fingerprint density at radius 3 is 2.77 bits per heavy atom. The summed E-state index contributed by atoms with van der Waals surface area (Å²) in [4.78, 5) is 22.5. The number of nitrogens with one attached hydrogen (secondary N) is 1. The van der Waals surface area contributed by atoms with Gasteiger partial charge in [0, 0.05) is 13.0 Å². The second kappa shape index (κ2) is 9.77. The van der Waals surface area contributed by atoms with Crippen molar-refractivity contribution in [3.8, 4) is 5.75 Å². The van der Waals surface area contributed by atoms with Gasteiger partial charge in [-0.3, -0.25) is 9.59 Å². The summed E-state index contributed by atoms with van der Waals surface area (Å²) in [6.07, 6.45) is 8.33. The van der Waals surface area contributed by atoms with Crippen LogP contribution in [0.3, 0.4) is 0 Å². The Kier molecular flexibility index (Phi) is 7.97. The van der Waals surface area contributed by atoms with Gasteiger partial charge in [-0.15, -0.1) is 0 Å². The quantitative estimate of drug-likeness (QED) is 0.416. The molecule has 0 spiro atoms. The number of aromatic hydroxyl groups is 1. The zero-order valence-electron chi connectivity index (χ0n) is 13.3. The van der Waals surface area contributed by atoms with Crippen LogP contribution in [-0.4, -0.2) is 17.3 Å². The molecule has 1 rings (SSSR count). The van der Waals surface area contributed by atoms with E-state index >= 15 is 0 Å². The summed E-state index contributed by atoms with van der Waals surface area (Å²) >= 11 is 0. The van der Waals surface area contributed by atoms with E-state index in [9.17, 15) is 14.7 Å². The van der Waals surface area contributed by atoms with E-state index in [1.807, 2.05) is 0 Å². The molecule has 22 heavy (non-hydrogen) atoms. The number of phenols is 1. The molecule has 2 N–H and O–H groups in total. The third-order valence-electron chi connectivity index (χ3n) is 3.25. The maximum absolute atomic E-state index is 11.7. The summed E-state index contributed by atoms with van der Waals surface area (Å²) in [5.41, 5.74) is 1.04. The van der Waals surface area contributed by atoms with E-state index in [0.29, 0.717) is 25.2 Å². The first kappa shape index (κ1) is 18.0. The van der Waals surface area contributed by atoms with E-state index in [-0.39, 0.29) is 17.2 Å². The Morgan fingerprint density at radius 1 is 1.32 bits per heavy atom. The number of carbonyl (C=O) groups is 2. The van der Waals surface area contributed by atoms with Crippen LogP contribution in [0.1, 0.15) is 55.5 Å². The number of aldehydes is 1. The molecule has 1 amide bonds. The van der Waals surface area contributed by atoms with Gasteiger partial charge in [0.1, 0.15) is 5.75 Å². The van der Waals surface area contributed by atoms with Gasteiger partial charge >= 0.3 is 0 Å². The first-order chi connectivity index (χ1) is 10.5. The highest BCUT2D eigenvalue weighted by molar-refractivity contribution is 5.79. The summed E-state index contributed by atoms with van der Waals surface area (Å²) in [5.74, 6) is 0.540. The van der Waals surface area contributed by atoms with Crippen molar-refractivity contribution < 1.29 is 14.7 Å². The maximum Gasteiger partial charge on any atom is 0.220 e. The van der Waals surface area contributed by atoms with Gasteiger partial charge in [-0.1, -0.05) is 32.1 Å². The Labute approximate surface area is 132 Å². The van der Waals surface area contributed by atoms with E-state index in [1.165, 1.54) is 6.07 Å². The van der Waals surface area contributed by atoms with Crippen LogP contribution < -0.4 is 5.32 Å². The zero-order valence-corrected chi connectivity index (χ0v) is 13.3. The topological polar surface area (TPSA) is 66.4 Å². The second-order valence-electron chi connectivity index (χ2n) is 5.71. The van der Waals surface area contributed by atoms with Crippen LogP contribution in [0.4, 0.5) is 0 Å². The largest absolute Gasteiger partial charge is 0.507 e. The lowest BCUT2D eigenvalue weighted by Gasteiger charge is -2.06. The molecular weight excluding hydrogens is 278 g/mol. The molecule has 0 fully saturated rings. The van der Waals surface area contributed by atoms with Crippen molar-refractivity contribution in [3.05, 3.63) is 41.5 Å². The van der Waals surface area contributed by atoms with E-state index in [1.54, 1.807) is 12.1 Å². The van der Waals surface area contributed by atoms with Crippen LogP contribution >= 0.6 is 0 Å². The zero-order chi connectivity index (χ0) is 16.4. The van der Waals surface area contributed by atoms with Crippen LogP contribution in [0.25, 0.3) is 0 Å². The molecule has 1 aromatic carbocycles. The highest BCUT2D eigenvalue weighted by Gasteiger charge is 2.04. The molecule has 0 aliphatic heterocycles. The Balaban J connectivity index is 2.24. The lowest BCUT2D eigenvalue weighted by molar-refractivity contribution is -0.121. The van der Waals surface area contributed by atoms with E-state index in [4.69, 9.17) is 0 Å². The monoisotopic (exact) mass is 303 g/mol. The number of hydrogen-bond donors (Lipinski definition) is 2. The number of benzene rings is 1. The summed E-state index contributed by atoms with van der Waals surface area (Å²) in [7, 11) is 0. The summed E-state index contributed by atoms with van der Waals surface area (Å²) in [5, 5.41) is 12.2. The number of carbonyl (C=O) groups excluding carboxylic acids is 2. The summed E-state index contributed by atoms with van der Waals surface area (Å²) < 4.78 is 0. The molecule has 0 aliphatic carbocycles. The van der Waals surface area contributed by atoms with Gasteiger partial charge in [0.05, 0.1) is 5.56 Å². The molecule has 4 heteroatoms. The minimum absolute atomic E-state index is 0.00793. The van der Waals surface area contributed by atoms with Crippen molar-refractivity contribution in [2.45, 2.75) is 46.1 Å². The Morgan fingerprint density at radius 2 is 2.09 bits per heavy atom. The molecule has 0 heterocycles. The van der Waals surface area contributed by atoms with Crippen LogP contribution in [-0.2, 0) is 11.3 Å². The maximum atomic E-state index is 11.7. The Hall–Kier alpha value is -2.10. The Bertz CT molecular complexity index is 521. The van der Waals surface area contributed by atoms with Gasteiger partial charge in [-0.25, -0.2) is 0 Å². The van der Waals surface area contributed by atoms with Crippen molar-refractivity contribution in [1.29, 1.82) is 0 Å². The van der Waals surface area contributed by atoms with Crippen molar-refractivity contribution in [2.24, 2.45) is 5.92 Å². The first-order valence-electron chi connectivity index (χ1n) is 7.73. The normalized spacial score (nSPS) is 11.0. The molecule has 0 atom stereocenters. The molecule has 120 valence electrons. The van der Waals surface area contributed by atoms with Crippen LogP contribution in [0.2, 0.25) is 0 Å². The second-order valence-corrected chi connectivity index (χ2v) is 5.71. The molecule has 0 radical (unpaired) electrons. The SMILES string of the molecule is CC(C)/C=C/CCCCC(=O)NCc1ccc(O)c(C=O)c1. The molecule has 4 nitrogen and oxygen atoms in total. The number of allylic oxidation sites excluding steroid dienone is 2. The van der Waals surface area contributed by atoms with Crippen LogP contribution in [0.5, 0.6) is 5.75 Å². The predicted molar refractivity (Wildman–Crippen MR) is 87.8 cm³/mol. The fourth-order valence-electron chi connectivity index (χ4n) is 2.01. The van der Waals surface area contributed by atoms with Crippen molar-refractivity contribution in [3.63, 3.8) is 0 Å². The van der Waals surface area contributed by atoms with Gasteiger partial charge in [0.15, 0.2) is 6.29 Å². The standard InChI is InChI=1S/C18H25NO3/c1-14(2)7-5-3-4-6-8-18(22)19-12-15-9-10-17(21)16(11-15)13-20/h5,7,9-11,13-14,21H,3-4,6,8,12H2,1-2H3,(H,19,22)/b7-5+. The third-order valence-corrected chi connectivity index (χ3v) is 3.25. The molecule has 0 saturated heterocycles. The van der Waals surface area contributed by atoms with Crippen molar-refractivity contribution >= 4 is 12.2 Å². The number of unbranched alkanes of at least 4 members (excludes halogenated alkanes) is 2.